The maximum absolute atomic E-state index is 13.7. The van der Waals surface area contributed by atoms with Crippen molar-refractivity contribution >= 4 is 17.6 Å². The smallest absolute Gasteiger partial charge is 0.307 e. The van der Waals surface area contributed by atoms with Gasteiger partial charge in [-0.05, 0) is 34.9 Å². The second kappa shape index (κ2) is 7.32. The number of aromatic nitrogens is 1. The zero-order valence-corrected chi connectivity index (χ0v) is 13.7. The first kappa shape index (κ1) is 16.9. The summed E-state index contributed by atoms with van der Waals surface area (Å²) in [5, 5.41) is 9.08. The van der Waals surface area contributed by atoms with Gasteiger partial charge in [0.15, 0.2) is 5.82 Å². The predicted octanol–water partition coefficient (Wildman–Crippen LogP) is 4.96. The van der Waals surface area contributed by atoms with Crippen molar-refractivity contribution in [3.8, 4) is 22.8 Å². The summed E-state index contributed by atoms with van der Waals surface area (Å²) in [5.41, 5.74) is 2.50. The number of ether oxygens (including phenoxy) is 1. The first-order valence-corrected chi connectivity index (χ1v) is 7.79. The monoisotopic (exact) mass is 357 g/mol. The van der Waals surface area contributed by atoms with Crippen molar-refractivity contribution in [2.24, 2.45) is 0 Å². The molecular formula is C19H13ClFNO3. The molecule has 3 rings (SSSR count). The normalized spacial score (nSPS) is 10.5. The lowest BCUT2D eigenvalue weighted by atomic mass is 10.0. The van der Waals surface area contributed by atoms with Crippen molar-refractivity contribution in [3.05, 3.63) is 77.2 Å². The van der Waals surface area contributed by atoms with Crippen LogP contribution in [0.5, 0.6) is 11.6 Å². The van der Waals surface area contributed by atoms with Gasteiger partial charge < -0.3 is 9.84 Å². The highest BCUT2D eigenvalue weighted by Gasteiger charge is 2.08. The van der Waals surface area contributed by atoms with Gasteiger partial charge in [-0.25, -0.2) is 9.37 Å². The lowest BCUT2D eigenvalue weighted by molar-refractivity contribution is -0.136. The average molecular weight is 358 g/mol. The van der Waals surface area contributed by atoms with Crippen molar-refractivity contribution in [2.45, 2.75) is 6.42 Å². The maximum atomic E-state index is 13.7. The van der Waals surface area contributed by atoms with Crippen LogP contribution in [0, 0.1) is 5.82 Å². The summed E-state index contributed by atoms with van der Waals surface area (Å²) in [6.45, 7) is 0. The van der Waals surface area contributed by atoms with Gasteiger partial charge in [0.1, 0.15) is 5.75 Å². The number of rotatable bonds is 5. The molecule has 1 N–H and O–H groups in total. The molecule has 0 bridgehead atoms. The van der Waals surface area contributed by atoms with E-state index in [-0.39, 0.29) is 17.3 Å². The van der Waals surface area contributed by atoms with Crippen molar-refractivity contribution in [1.82, 2.24) is 4.98 Å². The molecule has 2 aromatic carbocycles. The molecule has 6 heteroatoms. The summed E-state index contributed by atoms with van der Waals surface area (Å²) in [4.78, 5) is 14.6. The third-order valence-electron chi connectivity index (χ3n) is 3.46. The van der Waals surface area contributed by atoms with Gasteiger partial charge in [-0.2, -0.15) is 0 Å². The molecule has 0 fully saturated rings. The van der Waals surface area contributed by atoms with Crippen molar-refractivity contribution in [2.75, 3.05) is 0 Å². The van der Waals surface area contributed by atoms with Crippen LogP contribution in [0.15, 0.2) is 60.8 Å². The number of carbonyl (C=O) groups is 1. The largest absolute Gasteiger partial charge is 0.481 e. The molecule has 4 nitrogen and oxygen atoms in total. The Morgan fingerprint density at radius 3 is 2.56 bits per heavy atom. The highest BCUT2D eigenvalue weighted by Crippen LogP contribution is 2.27. The topological polar surface area (TPSA) is 59.4 Å². The van der Waals surface area contributed by atoms with Crippen LogP contribution >= 0.6 is 11.6 Å². The van der Waals surface area contributed by atoms with E-state index < -0.39 is 11.8 Å². The Morgan fingerprint density at radius 1 is 1.12 bits per heavy atom. The second-order valence-corrected chi connectivity index (χ2v) is 5.77. The quantitative estimate of drug-likeness (QED) is 0.701. The molecule has 3 aromatic rings. The van der Waals surface area contributed by atoms with E-state index in [1.807, 2.05) is 30.3 Å². The molecule has 1 aromatic heterocycles. The molecule has 0 atom stereocenters. The van der Waals surface area contributed by atoms with E-state index >= 15 is 0 Å². The minimum absolute atomic E-state index is 0.0312. The van der Waals surface area contributed by atoms with Crippen LogP contribution in [0.1, 0.15) is 5.56 Å². The molecule has 0 aliphatic heterocycles. The van der Waals surface area contributed by atoms with E-state index in [0.717, 1.165) is 22.8 Å². The van der Waals surface area contributed by atoms with E-state index in [0.29, 0.717) is 5.75 Å². The van der Waals surface area contributed by atoms with Gasteiger partial charge in [0, 0.05) is 6.20 Å². The molecule has 0 unspecified atom stereocenters. The van der Waals surface area contributed by atoms with Crippen molar-refractivity contribution in [1.29, 1.82) is 0 Å². The third-order valence-corrected chi connectivity index (χ3v) is 3.67. The molecule has 0 aliphatic carbocycles. The van der Waals surface area contributed by atoms with E-state index in [2.05, 4.69) is 4.98 Å². The van der Waals surface area contributed by atoms with E-state index in [1.165, 1.54) is 6.20 Å². The van der Waals surface area contributed by atoms with Crippen LogP contribution < -0.4 is 4.74 Å². The minimum atomic E-state index is -0.876. The summed E-state index contributed by atoms with van der Waals surface area (Å²) in [6.07, 6.45) is 1.28. The Hall–Kier alpha value is -2.92. The zero-order valence-electron chi connectivity index (χ0n) is 12.9. The maximum Gasteiger partial charge on any atom is 0.307 e. The molecule has 0 radical (unpaired) electrons. The molecule has 0 aliphatic rings. The third kappa shape index (κ3) is 4.33. The zero-order chi connectivity index (χ0) is 17.8. The number of carboxylic acids is 1. The first-order valence-electron chi connectivity index (χ1n) is 7.41. The number of nitrogens with zero attached hydrogens (tertiary/aromatic N) is 1. The van der Waals surface area contributed by atoms with Crippen LogP contribution in [-0.4, -0.2) is 16.1 Å². The fourth-order valence-corrected chi connectivity index (χ4v) is 2.48. The van der Waals surface area contributed by atoms with Gasteiger partial charge in [-0.1, -0.05) is 48.0 Å². The Kier molecular flexibility index (Phi) is 4.95. The highest BCUT2D eigenvalue weighted by atomic mass is 35.5. The Labute approximate surface area is 148 Å². The predicted molar refractivity (Wildman–Crippen MR) is 92.5 cm³/mol. The molecule has 0 saturated heterocycles. The van der Waals surface area contributed by atoms with Gasteiger partial charge in [0.2, 0.25) is 0 Å². The van der Waals surface area contributed by atoms with Gasteiger partial charge in [-0.15, -0.1) is 0 Å². The minimum Gasteiger partial charge on any atom is -0.481 e. The lowest BCUT2D eigenvalue weighted by Crippen LogP contribution is -1.99. The molecule has 25 heavy (non-hydrogen) atoms. The summed E-state index contributed by atoms with van der Waals surface area (Å²) in [6, 6.07) is 15.4. The standard InChI is InChI=1S/C19H13ClFNO3/c20-15-10-17(21)19(22-11-15)25-16-6-4-13(5-7-16)14-3-1-2-12(8-14)9-18(23)24/h1-8,10-11H,9H2,(H,23,24). The number of carboxylic acid groups (broad SMARTS) is 1. The van der Waals surface area contributed by atoms with Crippen LogP contribution in [0.3, 0.4) is 0 Å². The average Bonchev–Trinajstić information content (AvgIpc) is 2.58. The van der Waals surface area contributed by atoms with Crippen LogP contribution in [0.4, 0.5) is 4.39 Å². The van der Waals surface area contributed by atoms with Crippen molar-refractivity contribution in [3.63, 3.8) is 0 Å². The number of aliphatic carboxylic acids is 1. The van der Waals surface area contributed by atoms with Crippen LogP contribution in [0.25, 0.3) is 11.1 Å². The number of halogens is 2. The number of hydrogen-bond acceptors (Lipinski definition) is 3. The van der Waals surface area contributed by atoms with Crippen molar-refractivity contribution < 1.29 is 19.0 Å². The fraction of sp³-hybridized carbons (Fsp3) is 0.0526. The molecule has 0 saturated carbocycles. The Bertz CT molecular complexity index is 913. The summed E-state index contributed by atoms with van der Waals surface area (Å²) >= 11 is 5.66. The van der Waals surface area contributed by atoms with Crippen LogP contribution in [0.2, 0.25) is 5.02 Å². The number of benzene rings is 2. The van der Waals surface area contributed by atoms with Gasteiger partial charge in [-0.3, -0.25) is 4.79 Å². The lowest BCUT2D eigenvalue weighted by Gasteiger charge is -2.08. The Balaban J connectivity index is 1.79. The van der Waals surface area contributed by atoms with E-state index in [4.69, 9.17) is 21.4 Å². The van der Waals surface area contributed by atoms with Gasteiger partial charge >= 0.3 is 5.97 Å². The van der Waals surface area contributed by atoms with E-state index in [1.54, 1.807) is 18.2 Å². The molecule has 1 heterocycles. The second-order valence-electron chi connectivity index (χ2n) is 5.34. The van der Waals surface area contributed by atoms with Gasteiger partial charge in [0.05, 0.1) is 11.4 Å². The fourth-order valence-electron chi connectivity index (χ4n) is 2.34. The molecule has 0 amide bonds. The first-order chi connectivity index (χ1) is 12.0. The summed E-state index contributed by atoms with van der Waals surface area (Å²) < 4.78 is 19.1. The van der Waals surface area contributed by atoms with Gasteiger partial charge in [0.25, 0.3) is 5.88 Å². The summed E-state index contributed by atoms with van der Waals surface area (Å²) in [5.74, 6) is -1.24. The number of hydrogen-bond donors (Lipinski definition) is 1. The summed E-state index contributed by atoms with van der Waals surface area (Å²) in [7, 11) is 0. The van der Waals surface area contributed by atoms with Crippen LogP contribution in [-0.2, 0) is 11.2 Å². The molecule has 126 valence electrons. The SMILES string of the molecule is O=C(O)Cc1cccc(-c2ccc(Oc3ncc(Cl)cc3F)cc2)c1. The molecular weight excluding hydrogens is 345 g/mol. The molecule has 0 spiro atoms. The highest BCUT2D eigenvalue weighted by molar-refractivity contribution is 6.30. The van der Waals surface area contributed by atoms with E-state index in [9.17, 15) is 9.18 Å². The Morgan fingerprint density at radius 2 is 1.88 bits per heavy atom. The number of pyridine rings is 1.